The highest BCUT2D eigenvalue weighted by atomic mass is 16.1. The van der Waals surface area contributed by atoms with Crippen LogP contribution < -0.4 is 5.32 Å². The Labute approximate surface area is 108 Å². The van der Waals surface area contributed by atoms with Crippen LogP contribution in [0.15, 0.2) is 24.3 Å². The maximum atomic E-state index is 12.1. The maximum Gasteiger partial charge on any atom is 0.227 e. The van der Waals surface area contributed by atoms with Gasteiger partial charge >= 0.3 is 0 Å². The molecule has 0 radical (unpaired) electrons. The smallest absolute Gasteiger partial charge is 0.227 e. The molecule has 0 saturated heterocycles. The lowest BCUT2D eigenvalue weighted by Gasteiger charge is -2.18. The van der Waals surface area contributed by atoms with E-state index in [2.05, 4.69) is 11.4 Å². The molecule has 1 saturated carbocycles. The SMILES string of the molecule is CC(C(=O)Nc1cccc(C#N)c1)C1CCCC1. The molecule has 0 spiro atoms. The number of rotatable bonds is 3. The monoisotopic (exact) mass is 242 g/mol. The highest BCUT2D eigenvalue weighted by Gasteiger charge is 2.26. The van der Waals surface area contributed by atoms with Crippen LogP contribution in [-0.2, 0) is 4.79 Å². The highest BCUT2D eigenvalue weighted by molar-refractivity contribution is 5.92. The topological polar surface area (TPSA) is 52.9 Å². The van der Waals surface area contributed by atoms with Gasteiger partial charge in [0.15, 0.2) is 0 Å². The van der Waals surface area contributed by atoms with E-state index in [1.165, 1.54) is 12.8 Å². The van der Waals surface area contributed by atoms with Gasteiger partial charge in [-0.1, -0.05) is 25.8 Å². The van der Waals surface area contributed by atoms with E-state index in [4.69, 9.17) is 5.26 Å². The lowest BCUT2D eigenvalue weighted by molar-refractivity contribution is -0.120. The first-order valence-corrected chi connectivity index (χ1v) is 6.51. The van der Waals surface area contributed by atoms with Gasteiger partial charge in [0.1, 0.15) is 0 Å². The molecule has 1 aromatic rings. The van der Waals surface area contributed by atoms with Crippen molar-refractivity contribution in [2.75, 3.05) is 5.32 Å². The summed E-state index contributed by atoms with van der Waals surface area (Å²) in [4.78, 5) is 12.1. The van der Waals surface area contributed by atoms with Crippen molar-refractivity contribution in [3.8, 4) is 6.07 Å². The molecule has 1 aliphatic carbocycles. The predicted octanol–water partition coefficient (Wildman–Crippen LogP) is 3.32. The van der Waals surface area contributed by atoms with E-state index in [0.717, 1.165) is 12.8 Å². The molecule has 0 aromatic heterocycles. The van der Waals surface area contributed by atoms with Crippen LogP contribution in [0.3, 0.4) is 0 Å². The zero-order chi connectivity index (χ0) is 13.0. The van der Waals surface area contributed by atoms with Crippen LogP contribution in [0.2, 0.25) is 0 Å². The average molecular weight is 242 g/mol. The normalized spacial score (nSPS) is 17.1. The first-order valence-electron chi connectivity index (χ1n) is 6.51. The largest absolute Gasteiger partial charge is 0.326 e. The number of hydrogen-bond donors (Lipinski definition) is 1. The highest BCUT2D eigenvalue weighted by Crippen LogP contribution is 2.31. The van der Waals surface area contributed by atoms with Gasteiger partial charge in [0, 0.05) is 11.6 Å². The van der Waals surface area contributed by atoms with Gasteiger partial charge in [-0.15, -0.1) is 0 Å². The van der Waals surface area contributed by atoms with Crippen LogP contribution in [0.5, 0.6) is 0 Å². The Morgan fingerprint density at radius 1 is 1.44 bits per heavy atom. The molecule has 0 heterocycles. The van der Waals surface area contributed by atoms with E-state index >= 15 is 0 Å². The van der Waals surface area contributed by atoms with Crippen LogP contribution >= 0.6 is 0 Å². The summed E-state index contributed by atoms with van der Waals surface area (Å²) < 4.78 is 0. The fraction of sp³-hybridized carbons (Fsp3) is 0.467. The number of nitrogens with one attached hydrogen (secondary N) is 1. The van der Waals surface area contributed by atoms with Crippen LogP contribution in [-0.4, -0.2) is 5.91 Å². The Morgan fingerprint density at radius 2 is 2.17 bits per heavy atom. The quantitative estimate of drug-likeness (QED) is 0.884. The predicted molar refractivity (Wildman–Crippen MR) is 70.9 cm³/mol. The molecular formula is C15H18N2O. The van der Waals surface area contributed by atoms with Crippen molar-refractivity contribution in [2.45, 2.75) is 32.6 Å². The van der Waals surface area contributed by atoms with Crippen LogP contribution in [0.1, 0.15) is 38.2 Å². The van der Waals surface area contributed by atoms with Crippen molar-refractivity contribution < 1.29 is 4.79 Å². The third-order valence-electron chi connectivity index (χ3n) is 3.78. The summed E-state index contributed by atoms with van der Waals surface area (Å²) in [7, 11) is 0. The van der Waals surface area contributed by atoms with E-state index in [1.807, 2.05) is 13.0 Å². The lowest BCUT2D eigenvalue weighted by Crippen LogP contribution is -2.25. The van der Waals surface area contributed by atoms with Crippen molar-refractivity contribution in [1.29, 1.82) is 5.26 Å². The molecule has 0 bridgehead atoms. The summed E-state index contributed by atoms with van der Waals surface area (Å²) in [5.41, 5.74) is 1.28. The second-order valence-electron chi connectivity index (χ2n) is 5.02. The minimum atomic E-state index is 0.0539. The Hall–Kier alpha value is -1.82. The van der Waals surface area contributed by atoms with Crippen LogP contribution in [0, 0.1) is 23.2 Å². The van der Waals surface area contributed by atoms with Gasteiger partial charge in [0.05, 0.1) is 11.6 Å². The average Bonchev–Trinajstić information content (AvgIpc) is 2.92. The molecule has 1 atom stereocenters. The lowest BCUT2D eigenvalue weighted by atomic mass is 9.92. The third kappa shape index (κ3) is 2.89. The van der Waals surface area contributed by atoms with Crippen molar-refractivity contribution in [3.05, 3.63) is 29.8 Å². The first-order chi connectivity index (χ1) is 8.70. The number of nitriles is 1. The third-order valence-corrected chi connectivity index (χ3v) is 3.78. The summed E-state index contributed by atoms with van der Waals surface area (Å²) in [6, 6.07) is 9.12. The molecule has 1 aromatic carbocycles. The van der Waals surface area contributed by atoms with Gasteiger partial charge in [-0.3, -0.25) is 4.79 Å². The number of carbonyl (C=O) groups excluding carboxylic acids is 1. The van der Waals surface area contributed by atoms with Gasteiger partial charge in [0.25, 0.3) is 0 Å². The molecule has 1 amide bonds. The number of benzene rings is 1. The Morgan fingerprint density at radius 3 is 2.83 bits per heavy atom. The summed E-state index contributed by atoms with van der Waals surface area (Å²) in [5.74, 6) is 0.638. The van der Waals surface area contributed by atoms with Gasteiger partial charge < -0.3 is 5.32 Å². The van der Waals surface area contributed by atoms with Gasteiger partial charge in [-0.25, -0.2) is 0 Å². The first kappa shape index (κ1) is 12.6. The molecule has 2 rings (SSSR count). The molecule has 1 aliphatic rings. The second kappa shape index (κ2) is 5.68. The van der Waals surface area contributed by atoms with Crippen molar-refractivity contribution in [2.24, 2.45) is 11.8 Å². The number of carbonyl (C=O) groups is 1. The molecule has 0 aliphatic heterocycles. The van der Waals surface area contributed by atoms with Crippen molar-refractivity contribution in [1.82, 2.24) is 0 Å². The Balaban J connectivity index is 1.99. The van der Waals surface area contributed by atoms with Crippen LogP contribution in [0.25, 0.3) is 0 Å². The molecule has 18 heavy (non-hydrogen) atoms. The summed E-state index contributed by atoms with van der Waals surface area (Å²) in [6.45, 7) is 2.00. The van der Waals surface area contributed by atoms with Gasteiger partial charge in [0.2, 0.25) is 5.91 Å². The molecule has 3 heteroatoms. The molecule has 1 N–H and O–H groups in total. The summed E-state index contributed by atoms with van der Waals surface area (Å²) in [5, 5.41) is 11.7. The molecular weight excluding hydrogens is 224 g/mol. The zero-order valence-electron chi connectivity index (χ0n) is 10.6. The minimum Gasteiger partial charge on any atom is -0.326 e. The zero-order valence-corrected chi connectivity index (χ0v) is 10.6. The fourth-order valence-electron chi connectivity index (χ4n) is 2.59. The summed E-state index contributed by atoms with van der Waals surface area (Å²) >= 11 is 0. The second-order valence-corrected chi connectivity index (χ2v) is 5.02. The Bertz CT molecular complexity index is 470. The molecule has 94 valence electrons. The minimum absolute atomic E-state index is 0.0539. The van der Waals surface area contributed by atoms with Crippen molar-refractivity contribution >= 4 is 11.6 Å². The Kier molecular flexibility index (Phi) is 3.99. The number of nitrogens with zero attached hydrogens (tertiary/aromatic N) is 1. The van der Waals surface area contributed by atoms with Crippen molar-refractivity contribution in [3.63, 3.8) is 0 Å². The van der Waals surface area contributed by atoms with E-state index in [1.54, 1.807) is 18.2 Å². The maximum absolute atomic E-state index is 12.1. The number of anilines is 1. The summed E-state index contributed by atoms with van der Waals surface area (Å²) in [6.07, 6.45) is 4.80. The molecule has 1 fully saturated rings. The van der Waals surface area contributed by atoms with E-state index < -0.39 is 0 Å². The molecule has 3 nitrogen and oxygen atoms in total. The van der Waals surface area contributed by atoms with Gasteiger partial charge in [-0.05, 0) is 37.0 Å². The number of amides is 1. The van der Waals surface area contributed by atoms with E-state index in [9.17, 15) is 4.79 Å². The number of hydrogen-bond acceptors (Lipinski definition) is 2. The van der Waals surface area contributed by atoms with E-state index in [-0.39, 0.29) is 11.8 Å². The fourth-order valence-corrected chi connectivity index (χ4v) is 2.59. The standard InChI is InChI=1S/C15H18N2O/c1-11(13-6-2-3-7-13)15(18)17-14-8-4-5-12(9-14)10-16/h4-5,8-9,11,13H,2-3,6-7H2,1H3,(H,17,18). The van der Waals surface area contributed by atoms with Gasteiger partial charge in [-0.2, -0.15) is 5.26 Å². The van der Waals surface area contributed by atoms with Crippen LogP contribution in [0.4, 0.5) is 5.69 Å². The molecule has 1 unspecified atom stereocenters. The van der Waals surface area contributed by atoms with E-state index in [0.29, 0.717) is 17.2 Å².